The standard InChI is InChI=1S/C10H19N3O6S/c1-6(2-7(11)3-14)9(12)10(16)13-8(4-15)5-20(17,18)19/h3-4,6-9H,2,5,11-12H2,1H3,(H,13,16)(H,17,18,19). The van der Waals surface area contributed by atoms with Crippen molar-refractivity contribution in [3.05, 3.63) is 0 Å². The first-order valence-electron chi connectivity index (χ1n) is 5.78. The number of carbonyl (C=O) groups is 3. The zero-order valence-electron chi connectivity index (χ0n) is 10.9. The smallest absolute Gasteiger partial charge is 0.267 e. The minimum Gasteiger partial charge on any atom is -0.344 e. The zero-order valence-corrected chi connectivity index (χ0v) is 11.7. The summed E-state index contributed by atoms with van der Waals surface area (Å²) in [6.45, 7) is 1.59. The Morgan fingerprint density at radius 1 is 1.30 bits per heavy atom. The first-order valence-corrected chi connectivity index (χ1v) is 7.39. The second-order valence-electron chi connectivity index (χ2n) is 4.54. The van der Waals surface area contributed by atoms with Gasteiger partial charge in [-0.1, -0.05) is 6.92 Å². The summed E-state index contributed by atoms with van der Waals surface area (Å²) in [4.78, 5) is 32.8. The van der Waals surface area contributed by atoms with Crippen LogP contribution in [0.2, 0.25) is 0 Å². The number of nitrogens with two attached hydrogens (primary N) is 2. The van der Waals surface area contributed by atoms with Gasteiger partial charge in [-0.15, -0.1) is 0 Å². The number of nitrogens with one attached hydrogen (secondary N) is 1. The van der Waals surface area contributed by atoms with Crippen LogP contribution in [0.3, 0.4) is 0 Å². The van der Waals surface area contributed by atoms with Crippen LogP contribution in [0.5, 0.6) is 0 Å². The Kier molecular flexibility index (Phi) is 7.50. The molecule has 0 aromatic heterocycles. The lowest BCUT2D eigenvalue weighted by atomic mass is 9.94. The summed E-state index contributed by atoms with van der Waals surface area (Å²) in [7, 11) is -4.40. The number of hydrogen-bond acceptors (Lipinski definition) is 7. The molecule has 20 heavy (non-hydrogen) atoms. The summed E-state index contributed by atoms with van der Waals surface area (Å²) in [5.74, 6) is -2.15. The molecule has 9 nitrogen and oxygen atoms in total. The Labute approximate surface area is 116 Å². The van der Waals surface area contributed by atoms with Crippen LogP contribution in [-0.4, -0.2) is 55.3 Å². The van der Waals surface area contributed by atoms with E-state index in [9.17, 15) is 22.8 Å². The maximum absolute atomic E-state index is 11.7. The molecule has 0 aliphatic carbocycles. The van der Waals surface area contributed by atoms with Gasteiger partial charge in [0.05, 0.1) is 12.1 Å². The largest absolute Gasteiger partial charge is 0.344 e. The molecular weight excluding hydrogens is 290 g/mol. The minimum atomic E-state index is -4.40. The second kappa shape index (κ2) is 8.04. The topological polar surface area (TPSA) is 170 Å². The molecular formula is C10H19N3O6S. The zero-order chi connectivity index (χ0) is 15.9. The number of rotatable bonds is 9. The average molecular weight is 309 g/mol. The molecule has 0 rings (SSSR count). The fraction of sp³-hybridized carbons (Fsp3) is 0.700. The van der Waals surface area contributed by atoms with E-state index in [1.54, 1.807) is 6.92 Å². The monoisotopic (exact) mass is 309 g/mol. The van der Waals surface area contributed by atoms with Gasteiger partial charge in [-0.25, -0.2) is 0 Å². The summed E-state index contributed by atoms with van der Waals surface area (Å²) >= 11 is 0. The van der Waals surface area contributed by atoms with Crippen LogP contribution in [-0.2, 0) is 24.5 Å². The molecule has 6 N–H and O–H groups in total. The van der Waals surface area contributed by atoms with Gasteiger partial charge in [-0.3, -0.25) is 9.35 Å². The highest BCUT2D eigenvalue weighted by molar-refractivity contribution is 7.85. The molecule has 0 aliphatic rings. The molecule has 0 heterocycles. The predicted octanol–water partition coefficient (Wildman–Crippen LogP) is -2.56. The van der Waals surface area contributed by atoms with Gasteiger partial charge in [0.2, 0.25) is 5.91 Å². The minimum absolute atomic E-state index is 0.169. The van der Waals surface area contributed by atoms with Crippen LogP contribution < -0.4 is 16.8 Å². The molecule has 0 aromatic carbocycles. The number of amides is 1. The van der Waals surface area contributed by atoms with Gasteiger partial charge in [-0.2, -0.15) is 8.42 Å². The number of aldehydes is 2. The van der Waals surface area contributed by atoms with Gasteiger partial charge < -0.3 is 26.4 Å². The fourth-order valence-electron chi connectivity index (χ4n) is 1.51. The van der Waals surface area contributed by atoms with Crippen LogP contribution in [0.1, 0.15) is 13.3 Å². The van der Waals surface area contributed by atoms with E-state index in [1.165, 1.54) is 0 Å². The van der Waals surface area contributed by atoms with Crippen molar-refractivity contribution in [2.24, 2.45) is 17.4 Å². The van der Waals surface area contributed by atoms with Crippen molar-refractivity contribution < 1.29 is 27.4 Å². The van der Waals surface area contributed by atoms with Crippen molar-refractivity contribution >= 4 is 28.6 Å². The summed E-state index contributed by atoms with van der Waals surface area (Å²) in [5.41, 5.74) is 11.0. The highest BCUT2D eigenvalue weighted by Crippen LogP contribution is 2.08. The molecule has 0 saturated carbocycles. The molecule has 116 valence electrons. The average Bonchev–Trinajstić information content (AvgIpc) is 2.34. The SMILES string of the molecule is CC(CC(N)C=O)C(N)C(=O)NC(C=O)CS(=O)(=O)O. The molecule has 0 saturated heterocycles. The van der Waals surface area contributed by atoms with Crippen LogP contribution in [0.4, 0.5) is 0 Å². The molecule has 0 radical (unpaired) electrons. The predicted molar refractivity (Wildman–Crippen MR) is 70.2 cm³/mol. The van der Waals surface area contributed by atoms with Crippen molar-refractivity contribution in [1.29, 1.82) is 0 Å². The second-order valence-corrected chi connectivity index (χ2v) is 6.04. The molecule has 4 atom stereocenters. The lowest BCUT2D eigenvalue weighted by Gasteiger charge is -2.22. The lowest BCUT2D eigenvalue weighted by molar-refractivity contribution is -0.126. The Hall–Kier alpha value is -1.36. The van der Waals surface area contributed by atoms with E-state index < -0.39 is 45.8 Å². The van der Waals surface area contributed by atoms with Crippen molar-refractivity contribution in [3.63, 3.8) is 0 Å². The van der Waals surface area contributed by atoms with Gasteiger partial charge >= 0.3 is 0 Å². The first kappa shape index (κ1) is 18.6. The molecule has 0 bridgehead atoms. The van der Waals surface area contributed by atoms with Crippen LogP contribution in [0.25, 0.3) is 0 Å². The molecule has 0 spiro atoms. The summed E-state index contributed by atoms with van der Waals surface area (Å²) in [6.07, 6.45) is 0.871. The van der Waals surface area contributed by atoms with E-state index in [-0.39, 0.29) is 12.7 Å². The van der Waals surface area contributed by atoms with Crippen molar-refractivity contribution in [2.45, 2.75) is 31.5 Å². The third-order valence-electron chi connectivity index (χ3n) is 2.62. The first-order chi connectivity index (χ1) is 9.10. The van der Waals surface area contributed by atoms with Crippen LogP contribution >= 0.6 is 0 Å². The maximum atomic E-state index is 11.7. The van der Waals surface area contributed by atoms with E-state index in [2.05, 4.69) is 5.32 Å². The highest BCUT2D eigenvalue weighted by Gasteiger charge is 2.26. The summed E-state index contributed by atoms with van der Waals surface area (Å²) in [6, 6.07) is -3.22. The highest BCUT2D eigenvalue weighted by atomic mass is 32.2. The molecule has 1 amide bonds. The molecule has 4 unspecified atom stereocenters. The van der Waals surface area contributed by atoms with Crippen molar-refractivity contribution in [3.8, 4) is 0 Å². The van der Waals surface area contributed by atoms with E-state index in [4.69, 9.17) is 16.0 Å². The molecule has 0 aromatic rings. The molecule has 0 aliphatic heterocycles. The van der Waals surface area contributed by atoms with E-state index >= 15 is 0 Å². The van der Waals surface area contributed by atoms with Gasteiger partial charge in [0.15, 0.2) is 0 Å². The van der Waals surface area contributed by atoms with Gasteiger partial charge in [0, 0.05) is 0 Å². The number of hydrogen-bond donors (Lipinski definition) is 4. The molecule has 0 fully saturated rings. The summed E-state index contributed by atoms with van der Waals surface area (Å²) < 4.78 is 29.9. The number of carbonyl (C=O) groups excluding carboxylic acids is 3. The van der Waals surface area contributed by atoms with E-state index in [1.807, 2.05) is 0 Å². The Morgan fingerprint density at radius 3 is 2.25 bits per heavy atom. The van der Waals surface area contributed by atoms with E-state index in [0.29, 0.717) is 6.29 Å². The third-order valence-corrected chi connectivity index (χ3v) is 3.40. The van der Waals surface area contributed by atoms with Gasteiger partial charge in [0.1, 0.15) is 24.4 Å². The van der Waals surface area contributed by atoms with Gasteiger partial charge in [0.25, 0.3) is 10.1 Å². The quantitative estimate of drug-likeness (QED) is 0.266. The lowest BCUT2D eigenvalue weighted by Crippen LogP contribution is -2.51. The van der Waals surface area contributed by atoms with Crippen LogP contribution in [0, 0.1) is 5.92 Å². The Balaban J connectivity index is 4.57. The normalized spacial score (nSPS) is 17.6. The van der Waals surface area contributed by atoms with Crippen LogP contribution in [0.15, 0.2) is 0 Å². The summed E-state index contributed by atoms with van der Waals surface area (Å²) in [5, 5.41) is 2.09. The third kappa shape index (κ3) is 7.28. The maximum Gasteiger partial charge on any atom is 0.267 e. The van der Waals surface area contributed by atoms with Crippen molar-refractivity contribution in [1.82, 2.24) is 5.32 Å². The Bertz CT molecular complexity index is 452. The van der Waals surface area contributed by atoms with Crippen molar-refractivity contribution in [2.75, 3.05) is 5.75 Å². The van der Waals surface area contributed by atoms with E-state index in [0.717, 1.165) is 0 Å². The molecule has 10 heteroatoms. The fourth-order valence-corrected chi connectivity index (χ4v) is 2.13. The van der Waals surface area contributed by atoms with Gasteiger partial charge in [-0.05, 0) is 12.3 Å². The Morgan fingerprint density at radius 2 is 1.85 bits per heavy atom.